The van der Waals surface area contributed by atoms with Gasteiger partial charge in [0.15, 0.2) is 11.0 Å². The van der Waals surface area contributed by atoms with Gasteiger partial charge in [-0.1, -0.05) is 55.4 Å². The van der Waals surface area contributed by atoms with E-state index in [0.29, 0.717) is 22.5 Å². The third kappa shape index (κ3) is 3.62. The maximum Gasteiger partial charge on any atom is 0.237 e. The smallest absolute Gasteiger partial charge is 0.237 e. The van der Waals surface area contributed by atoms with Crippen LogP contribution in [0.25, 0.3) is 5.69 Å². The van der Waals surface area contributed by atoms with E-state index < -0.39 is 0 Å². The van der Waals surface area contributed by atoms with Crippen LogP contribution in [0.1, 0.15) is 38.0 Å². The van der Waals surface area contributed by atoms with E-state index in [4.69, 9.17) is 16.1 Å². The van der Waals surface area contributed by atoms with E-state index in [1.807, 2.05) is 50.5 Å². The molecule has 6 nitrogen and oxygen atoms in total. The van der Waals surface area contributed by atoms with Crippen LogP contribution < -0.4 is 0 Å². The summed E-state index contributed by atoms with van der Waals surface area (Å²) in [5.74, 6) is 1.80. The van der Waals surface area contributed by atoms with Gasteiger partial charge >= 0.3 is 0 Å². The lowest BCUT2D eigenvalue weighted by molar-refractivity contribution is 0.372. The minimum atomic E-state index is -0.134. The molecule has 0 aliphatic carbocycles. The fourth-order valence-electron chi connectivity index (χ4n) is 1.98. The molecule has 0 spiro atoms. The van der Waals surface area contributed by atoms with Crippen LogP contribution >= 0.6 is 23.4 Å². The van der Waals surface area contributed by atoms with Crippen molar-refractivity contribution in [1.82, 2.24) is 24.9 Å². The molecule has 0 unspecified atom stereocenters. The first kappa shape index (κ1) is 17.0. The molecule has 0 saturated heterocycles. The van der Waals surface area contributed by atoms with Gasteiger partial charge in [0, 0.05) is 10.4 Å². The van der Waals surface area contributed by atoms with Gasteiger partial charge in [-0.25, -0.2) is 0 Å². The van der Waals surface area contributed by atoms with E-state index in [0.717, 1.165) is 16.4 Å². The van der Waals surface area contributed by atoms with E-state index in [-0.39, 0.29) is 5.41 Å². The first-order valence-electron chi connectivity index (χ1n) is 7.47. The van der Waals surface area contributed by atoms with Gasteiger partial charge in [0.25, 0.3) is 0 Å². The number of rotatable bonds is 4. The van der Waals surface area contributed by atoms with Crippen LogP contribution in [0.3, 0.4) is 0 Å². The summed E-state index contributed by atoms with van der Waals surface area (Å²) in [5.41, 5.74) is 1.81. The topological polar surface area (TPSA) is 69.6 Å². The summed E-state index contributed by atoms with van der Waals surface area (Å²) in [7, 11) is 0. The number of aryl methyl sites for hydroxylation is 1. The van der Waals surface area contributed by atoms with Crippen molar-refractivity contribution in [3.63, 3.8) is 0 Å². The monoisotopic (exact) mass is 363 g/mol. The van der Waals surface area contributed by atoms with Crippen molar-refractivity contribution in [3.8, 4) is 5.69 Å². The van der Waals surface area contributed by atoms with Crippen LogP contribution in [0.5, 0.6) is 0 Å². The van der Waals surface area contributed by atoms with E-state index in [1.165, 1.54) is 11.8 Å². The van der Waals surface area contributed by atoms with Crippen molar-refractivity contribution in [3.05, 3.63) is 46.8 Å². The van der Waals surface area contributed by atoms with Crippen LogP contribution in [-0.2, 0) is 11.2 Å². The van der Waals surface area contributed by atoms with Crippen molar-refractivity contribution in [2.24, 2.45) is 0 Å². The fourth-order valence-corrected chi connectivity index (χ4v) is 2.92. The number of halogens is 1. The molecule has 3 aromatic rings. The van der Waals surface area contributed by atoms with Crippen molar-refractivity contribution in [1.29, 1.82) is 0 Å². The maximum atomic E-state index is 6.21. The van der Waals surface area contributed by atoms with Gasteiger partial charge in [0.2, 0.25) is 5.89 Å². The predicted molar refractivity (Wildman–Crippen MR) is 93.7 cm³/mol. The molecule has 8 heteroatoms. The van der Waals surface area contributed by atoms with E-state index in [9.17, 15) is 0 Å². The number of nitrogens with zero attached hydrogens (tertiary/aromatic N) is 5. The molecule has 0 radical (unpaired) electrons. The minimum Gasteiger partial charge on any atom is -0.338 e. The summed E-state index contributed by atoms with van der Waals surface area (Å²) < 4.78 is 7.20. The zero-order valence-corrected chi connectivity index (χ0v) is 15.5. The number of aromatic nitrogens is 5. The number of benzene rings is 1. The predicted octanol–water partition coefficient (Wildman–Crippen LogP) is 4.20. The highest BCUT2D eigenvalue weighted by Gasteiger charge is 2.21. The highest BCUT2D eigenvalue weighted by atomic mass is 35.5. The highest BCUT2D eigenvalue weighted by Crippen LogP contribution is 2.26. The normalized spacial score (nSPS) is 11.9. The summed E-state index contributed by atoms with van der Waals surface area (Å²) in [6.07, 6.45) is 1.66. The van der Waals surface area contributed by atoms with Crippen molar-refractivity contribution < 1.29 is 4.52 Å². The summed E-state index contributed by atoms with van der Waals surface area (Å²) in [6.45, 7) is 8.11. The van der Waals surface area contributed by atoms with E-state index in [1.54, 1.807) is 6.33 Å². The van der Waals surface area contributed by atoms with Crippen molar-refractivity contribution >= 4 is 23.4 Å². The zero-order chi connectivity index (χ0) is 17.3. The molecule has 0 aliphatic rings. The molecule has 24 heavy (non-hydrogen) atoms. The second kappa shape index (κ2) is 6.57. The quantitative estimate of drug-likeness (QED) is 0.647. The van der Waals surface area contributed by atoms with Gasteiger partial charge in [0.05, 0.1) is 11.4 Å². The molecule has 0 fully saturated rings. The molecule has 2 aromatic heterocycles. The summed E-state index contributed by atoms with van der Waals surface area (Å²) in [4.78, 5) is 4.43. The highest BCUT2D eigenvalue weighted by molar-refractivity contribution is 7.98. The average Bonchev–Trinajstić information content (AvgIpc) is 3.16. The third-order valence-electron chi connectivity index (χ3n) is 3.41. The average molecular weight is 364 g/mol. The molecule has 0 atom stereocenters. The van der Waals surface area contributed by atoms with E-state index >= 15 is 0 Å². The fraction of sp³-hybridized carbons (Fsp3) is 0.375. The lowest BCUT2D eigenvalue weighted by atomic mass is 9.96. The SMILES string of the molecule is Cc1ccc(-n2cnnc2SCc2nc(C(C)(C)C)no2)cc1Cl. The minimum absolute atomic E-state index is 0.134. The van der Waals surface area contributed by atoms with Gasteiger partial charge in [-0.15, -0.1) is 10.2 Å². The Kier molecular flexibility index (Phi) is 4.64. The molecule has 2 heterocycles. The van der Waals surface area contributed by atoms with E-state index in [2.05, 4.69) is 20.3 Å². The second-order valence-corrected chi connectivity index (χ2v) is 7.82. The summed E-state index contributed by atoms with van der Waals surface area (Å²) in [6, 6.07) is 5.85. The third-order valence-corrected chi connectivity index (χ3v) is 4.75. The molecular formula is C16H18ClN5OS. The Morgan fingerprint density at radius 1 is 1.29 bits per heavy atom. The van der Waals surface area contributed by atoms with Crippen LogP contribution in [0, 0.1) is 6.92 Å². The molecule has 3 rings (SSSR count). The van der Waals surface area contributed by atoms with Crippen LogP contribution in [-0.4, -0.2) is 24.9 Å². The lowest BCUT2D eigenvalue weighted by Crippen LogP contribution is -2.13. The van der Waals surface area contributed by atoms with Gasteiger partial charge in [-0.05, 0) is 24.6 Å². The first-order chi connectivity index (χ1) is 11.3. The molecule has 0 amide bonds. The second-order valence-electron chi connectivity index (χ2n) is 6.47. The van der Waals surface area contributed by atoms with Gasteiger partial charge in [-0.2, -0.15) is 4.98 Å². The van der Waals surface area contributed by atoms with Crippen molar-refractivity contribution in [2.75, 3.05) is 0 Å². The molecule has 0 aliphatic heterocycles. The molecular weight excluding hydrogens is 346 g/mol. The van der Waals surface area contributed by atoms with Gasteiger partial charge in [0.1, 0.15) is 6.33 Å². The first-order valence-corrected chi connectivity index (χ1v) is 8.83. The largest absolute Gasteiger partial charge is 0.338 e. The molecule has 126 valence electrons. The Bertz CT molecular complexity index is 852. The van der Waals surface area contributed by atoms with Crippen LogP contribution in [0.2, 0.25) is 5.02 Å². The number of thioether (sulfide) groups is 1. The molecule has 0 bridgehead atoms. The van der Waals surface area contributed by atoms with Gasteiger partial charge < -0.3 is 4.52 Å². The summed E-state index contributed by atoms with van der Waals surface area (Å²) in [5, 5.41) is 13.6. The lowest BCUT2D eigenvalue weighted by Gasteiger charge is -2.10. The standard InChI is InChI=1S/C16H18ClN5OS/c1-10-5-6-11(7-12(10)17)22-9-18-20-15(22)24-8-13-19-14(21-23-13)16(2,3)4/h5-7,9H,8H2,1-4H3. The van der Waals surface area contributed by atoms with Crippen molar-refractivity contribution in [2.45, 2.75) is 44.0 Å². The summed E-state index contributed by atoms with van der Waals surface area (Å²) >= 11 is 7.69. The van der Waals surface area contributed by atoms with Crippen LogP contribution in [0.15, 0.2) is 34.2 Å². The number of hydrogen-bond acceptors (Lipinski definition) is 6. The Balaban J connectivity index is 1.76. The molecule has 0 N–H and O–H groups in total. The molecule has 1 aromatic carbocycles. The number of hydrogen-bond donors (Lipinski definition) is 0. The zero-order valence-electron chi connectivity index (χ0n) is 13.9. The Morgan fingerprint density at radius 2 is 2.08 bits per heavy atom. The van der Waals surface area contributed by atoms with Crippen LogP contribution in [0.4, 0.5) is 0 Å². The Morgan fingerprint density at radius 3 is 2.75 bits per heavy atom. The molecule has 0 saturated carbocycles. The van der Waals surface area contributed by atoms with Gasteiger partial charge in [-0.3, -0.25) is 4.57 Å². The maximum absolute atomic E-state index is 6.21. The Labute approximate surface area is 149 Å². The Hall–Kier alpha value is -1.86.